The Kier molecular flexibility index (Phi) is 6.00. The quantitative estimate of drug-likeness (QED) is 0.182. The second-order valence-electron chi connectivity index (χ2n) is 8.29. The molecule has 1 aromatic heterocycles. The van der Waals surface area contributed by atoms with Crippen LogP contribution in [0.2, 0.25) is 5.02 Å². The van der Waals surface area contributed by atoms with Gasteiger partial charge < -0.3 is 19.4 Å². The summed E-state index contributed by atoms with van der Waals surface area (Å²) < 4.78 is 25.1. The van der Waals surface area contributed by atoms with Crippen LogP contribution in [-0.2, 0) is 4.79 Å². The van der Waals surface area contributed by atoms with E-state index in [2.05, 4.69) is 0 Å². The molecule has 0 bridgehead atoms. The number of carbonyl (C=O) groups excluding carboxylic acids is 2. The number of carbonyl (C=O) groups is 2. The summed E-state index contributed by atoms with van der Waals surface area (Å²) in [4.78, 5) is 38.6. The van der Waals surface area contributed by atoms with Crippen molar-refractivity contribution in [2.24, 2.45) is 0 Å². The maximum atomic E-state index is 14.1. The number of nitrogens with zero attached hydrogens (tertiary/aromatic N) is 2. The lowest BCUT2D eigenvalue weighted by molar-refractivity contribution is -0.385. The van der Waals surface area contributed by atoms with Crippen LogP contribution in [0, 0.1) is 15.9 Å². The van der Waals surface area contributed by atoms with Crippen molar-refractivity contribution in [1.29, 1.82) is 0 Å². The molecule has 2 N–H and O–H groups in total. The smallest absolute Gasteiger partial charge is 0.311 e. The van der Waals surface area contributed by atoms with Gasteiger partial charge in [0, 0.05) is 28.2 Å². The number of furan rings is 1. The van der Waals surface area contributed by atoms with Crippen molar-refractivity contribution in [3.8, 4) is 11.5 Å². The van der Waals surface area contributed by atoms with Gasteiger partial charge in [-0.2, -0.15) is 0 Å². The number of amides is 1. The number of phenols is 1. The van der Waals surface area contributed by atoms with Gasteiger partial charge in [-0.3, -0.25) is 24.6 Å². The number of methoxy groups -OCH3 is 1. The number of nitro benzene ring substituents is 1. The molecule has 0 fully saturated rings. The number of Topliss-reactive ketones (excluding diaryl/α,β-unsaturated/α-hetero) is 1. The van der Waals surface area contributed by atoms with Crippen LogP contribution in [0.25, 0.3) is 11.0 Å². The van der Waals surface area contributed by atoms with E-state index in [-0.39, 0.29) is 28.3 Å². The minimum atomic E-state index is -1.44. The summed E-state index contributed by atoms with van der Waals surface area (Å²) in [5.74, 6) is -4.31. The van der Waals surface area contributed by atoms with Gasteiger partial charge in [0.25, 0.3) is 5.91 Å². The van der Waals surface area contributed by atoms with Crippen molar-refractivity contribution in [3.63, 3.8) is 0 Å². The molecule has 0 spiro atoms. The lowest BCUT2D eigenvalue weighted by atomic mass is 9.94. The largest absolute Gasteiger partial charge is 0.503 e. The molecule has 4 aromatic rings. The highest BCUT2D eigenvalue weighted by atomic mass is 35.5. The molecule has 1 atom stereocenters. The first-order valence-corrected chi connectivity index (χ1v) is 11.3. The van der Waals surface area contributed by atoms with Gasteiger partial charge in [-0.15, -0.1) is 0 Å². The van der Waals surface area contributed by atoms with E-state index < -0.39 is 51.2 Å². The number of aliphatic hydroxyl groups excluding tert-OH is 1. The summed E-state index contributed by atoms with van der Waals surface area (Å²) in [5.41, 5.74) is -1.01. The first kappa shape index (κ1) is 24.8. The van der Waals surface area contributed by atoms with Crippen molar-refractivity contribution >= 4 is 45.6 Å². The summed E-state index contributed by atoms with van der Waals surface area (Å²) >= 11 is 6.10. The van der Waals surface area contributed by atoms with Crippen molar-refractivity contribution in [2.75, 3.05) is 12.0 Å². The van der Waals surface area contributed by atoms with E-state index in [0.29, 0.717) is 10.4 Å². The molecule has 12 heteroatoms. The highest BCUT2D eigenvalue weighted by Gasteiger charge is 2.46. The molecule has 0 aliphatic carbocycles. The van der Waals surface area contributed by atoms with Crippen molar-refractivity contribution in [1.82, 2.24) is 0 Å². The van der Waals surface area contributed by atoms with E-state index in [1.807, 2.05) is 0 Å². The molecule has 3 aromatic carbocycles. The Hall–Kier alpha value is -4.90. The fourth-order valence-corrected chi connectivity index (χ4v) is 4.60. The van der Waals surface area contributed by atoms with E-state index in [1.165, 1.54) is 43.5 Å². The Morgan fingerprint density at radius 2 is 1.92 bits per heavy atom. The SMILES string of the molecule is COc1cc(Cl)cc2cc(C(=O)C3=C(O)C(=O)N(c4cccc(F)c4)C3c3ccc(O)c([N+](=O)[O-])c3)oc12. The lowest BCUT2D eigenvalue weighted by Crippen LogP contribution is -2.31. The topological polar surface area (TPSA) is 143 Å². The molecule has 1 aliphatic heterocycles. The number of halogens is 2. The Labute approximate surface area is 217 Å². The predicted molar refractivity (Wildman–Crippen MR) is 133 cm³/mol. The number of nitro groups is 1. The Balaban J connectivity index is 1.71. The molecular weight excluding hydrogens is 523 g/mol. The van der Waals surface area contributed by atoms with Crippen LogP contribution in [0.5, 0.6) is 11.5 Å². The molecular formula is C26H16ClFN2O8. The zero-order valence-electron chi connectivity index (χ0n) is 19.3. The highest BCUT2D eigenvalue weighted by Crippen LogP contribution is 2.44. The zero-order chi connectivity index (χ0) is 27.3. The average molecular weight is 539 g/mol. The molecule has 0 saturated carbocycles. The lowest BCUT2D eigenvalue weighted by Gasteiger charge is -2.26. The minimum Gasteiger partial charge on any atom is -0.503 e. The third-order valence-electron chi connectivity index (χ3n) is 6.04. The van der Waals surface area contributed by atoms with Crippen LogP contribution in [0.4, 0.5) is 15.8 Å². The maximum absolute atomic E-state index is 14.1. The van der Waals surface area contributed by atoms with Gasteiger partial charge in [-0.05, 0) is 42.0 Å². The van der Waals surface area contributed by atoms with Gasteiger partial charge in [-0.1, -0.05) is 23.7 Å². The molecule has 1 aliphatic rings. The number of phenolic OH excluding ortho intramolecular Hbond substituents is 1. The minimum absolute atomic E-state index is 0.00347. The summed E-state index contributed by atoms with van der Waals surface area (Å²) in [5, 5.41) is 33.0. The summed E-state index contributed by atoms with van der Waals surface area (Å²) in [7, 11) is 1.38. The summed E-state index contributed by atoms with van der Waals surface area (Å²) in [6.45, 7) is 0. The maximum Gasteiger partial charge on any atom is 0.311 e. The number of aliphatic hydroxyl groups is 1. The summed E-state index contributed by atoms with van der Waals surface area (Å²) in [6.07, 6.45) is 0. The molecule has 1 unspecified atom stereocenters. The number of benzene rings is 3. The average Bonchev–Trinajstić information content (AvgIpc) is 3.42. The number of hydrogen-bond donors (Lipinski definition) is 2. The standard InChI is InChI=1S/C26H16ClFN2O8/c1-37-20-10-14(27)7-13-9-19(38-25(13)20)23(32)21-22(12-5-6-18(31)17(8-12)30(35)36)29(26(34)24(21)33)16-4-2-3-15(28)11-16/h2-11,22,31,33H,1H3. The second kappa shape index (κ2) is 9.20. The Morgan fingerprint density at radius 1 is 1.16 bits per heavy atom. The molecule has 2 heterocycles. The van der Waals surface area contributed by atoms with Gasteiger partial charge in [0.1, 0.15) is 5.82 Å². The van der Waals surface area contributed by atoms with Gasteiger partial charge >= 0.3 is 5.69 Å². The van der Waals surface area contributed by atoms with E-state index in [1.54, 1.807) is 0 Å². The van der Waals surface area contributed by atoms with Gasteiger partial charge in [0.2, 0.25) is 5.78 Å². The zero-order valence-corrected chi connectivity index (χ0v) is 20.1. The first-order chi connectivity index (χ1) is 18.1. The normalized spacial score (nSPS) is 15.4. The molecule has 1 amide bonds. The van der Waals surface area contributed by atoms with Crippen LogP contribution in [-0.4, -0.2) is 33.9 Å². The predicted octanol–water partition coefficient (Wildman–Crippen LogP) is 5.63. The fraction of sp³-hybridized carbons (Fsp3) is 0.0769. The number of ether oxygens (including phenoxy) is 1. The van der Waals surface area contributed by atoms with E-state index in [0.717, 1.165) is 29.2 Å². The van der Waals surface area contributed by atoms with Crippen LogP contribution in [0.3, 0.4) is 0 Å². The number of aromatic hydroxyl groups is 1. The number of fused-ring (bicyclic) bond motifs is 1. The first-order valence-electron chi connectivity index (χ1n) is 10.9. The van der Waals surface area contributed by atoms with Gasteiger partial charge in [0.05, 0.1) is 23.6 Å². The third-order valence-corrected chi connectivity index (χ3v) is 6.26. The van der Waals surface area contributed by atoms with E-state index >= 15 is 0 Å². The van der Waals surface area contributed by atoms with Crippen molar-refractivity contribution < 1.29 is 38.3 Å². The monoisotopic (exact) mass is 538 g/mol. The number of rotatable bonds is 6. The summed E-state index contributed by atoms with van der Waals surface area (Å²) in [6, 6.07) is 11.0. The van der Waals surface area contributed by atoms with Crippen LogP contribution in [0.15, 0.2) is 76.4 Å². The number of ketones is 1. The van der Waals surface area contributed by atoms with Crippen LogP contribution >= 0.6 is 11.6 Å². The Morgan fingerprint density at radius 3 is 2.61 bits per heavy atom. The molecule has 0 radical (unpaired) electrons. The van der Waals surface area contributed by atoms with Gasteiger partial charge in [0.15, 0.2) is 28.6 Å². The Bertz CT molecular complexity index is 1700. The van der Waals surface area contributed by atoms with Crippen molar-refractivity contribution in [2.45, 2.75) is 6.04 Å². The number of hydrogen-bond acceptors (Lipinski definition) is 8. The van der Waals surface area contributed by atoms with Crippen LogP contribution in [0.1, 0.15) is 22.2 Å². The molecule has 10 nitrogen and oxygen atoms in total. The van der Waals surface area contributed by atoms with E-state index in [9.17, 15) is 34.3 Å². The van der Waals surface area contributed by atoms with Crippen molar-refractivity contribution in [3.05, 3.63) is 104 Å². The second-order valence-corrected chi connectivity index (χ2v) is 8.73. The fourth-order valence-electron chi connectivity index (χ4n) is 4.38. The number of anilines is 1. The molecule has 192 valence electrons. The molecule has 0 saturated heterocycles. The molecule has 5 rings (SSSR count). The highest BCUT2D eigenvalue weighted by molar-refractivity contribution is 6.31. The van der Waals surface area contributed by atoms with Gasteiger partial charge in [-0.25, -0.2) is 4.39 Å². The van der Waals surface area contributed by atoms with E-state index in [4.69, 9.17) is 20.8 Å². The molecule has 38 heavy (non-hydrogen) atoms. The third kappa shape index (κ3) is 3.98. The van der Waals surface area contributed by atoms with Crippen LogP contribution < -0.4 is 9.64 Å².